The number of nitrogens with one attached hydrogen (secondary N) is 1. The van der Waals surface area contributed by atoms with Crippen LogP contribution in [0, 0.1) is 0 Å². The molecule has 2 aromatic rings. The van der Waals surface area contributed by atoms with Crippen LogP contribution in [0.3, 0.4) is 0 Å². The minimum Gasteiger partial charge on any atom is -0.493 e. The zero-order valence-electron chi connectivity index (χ0n) is 11.9. The molecule has 0 atom stereocenters. The summed E-state index contributed by atoms with van der Waals surface area (Å²) >= 11 is 5.79. The topological polar surface area (TPSA) is 38.3 Å². The third kappa shape index (κ3) is 5.12. The molecule has 0 aliphatic heterocycles. The van der Waals surface area contributed by atoms with Crippen molar-refractivity contribution in [2.24, 2.45) is 0 Å². The van der Waals surface area contributed by atoms with Crippen LogP contribution in [0.4, 0.5) is 5.69 Å². The Morgan fingerprint density at radius 1 is 1.10 bits per heavy atom. The fourth-order valence-electron chi connectivity index (χ4n) is 1.84. The number of halogens is 1. The summed E-state index contributed by atoms with van der Waals surface area (Å²) in [5.41, 5.74) is 2.06. The largest absolute Gasteiger partial charge is 0.493 e. The molecule has 0 aliphatic rings. The van der Waals surface area contributed by atoms with Gasteiger partial charge in [0.1, 0.15) is 5.75 Å². The minimum absolute atomic E-state index is 0.0618. The lowest BCUT2D eigenvalue weighted by Gasteiger charge is -2.08. The molecule has 2 aromatic carbocycles. The lowest BCUT2D eigenvalue weighted by atomic mass is 10.1. The first kappa shape index (κ1) is 15.4. The number of carbonyl (C=O) groups excluding carboxylic acids is 1. The molecule has 0 aliphatic carbocycles. The van der Waals surface area contributed by atoms with E-state index in [1.54, 1.807) is 24.3 Å². The summed E-state index contributed by atoms with van der Waals surface area (Å²) in [7, 11) is 0. The first-order valence-corrected chi connectivity index (χ1v) is 7.32. The molecule has 0 heterocycles. The Labute approximate surface area is 129 Å². The van der Waals surface area contributed by atoms with Gasteiger partial charge >= 0.3 is 0 Å². The molecule has 3 nitrogen and oxygen atoms in total. The molecule has 2 rings (SSSR count). The van der Waals surface area contributed by atoms with Crippen molar-refractivity contribution >= 4 is 23.2 Å². The maximum Gasteiger partial charge on any atom is 0.227 e. The van der Waals surface area contributed by atoms with Gasteiger partial charge in [0.05, 0.1) is 13.0 Å². The molecule has 21 heavy (non-hydrogen) atoms. The molecule has 0 aromatic heterocycles. The van der Waals surface area contributed by atoms with Gasteiger partial charge in [-0.2, -0.15) is 0 Å². The van der Waals surface area contributed by atoms with Gasteiger partial charge in [-0.25, -0.2) is 0 Å². The Bertz CT molecular complexity index is 579. The van der Waals surface area contributed by atoms with Gasteiger partial charge in [-0.15, -0.1) is 0 Å². The highest BCUT2D eigenvalue weighted by Crippen LogP contribution is 2.15. The molecule has 1 N–H and O–H groups in total. The molecule has 0 fully saturated rings. The van der Waals surface area contributed by atoms with Gasteiger partial charge in [0, 0.05) is 10.7 Å². The number of anilines is 1. The molecule has 0 unspecified atom stereocenters. The number of hydrogen-bond acceptors (Lipinski definition) is 2. The van der Waals surface area contributed by atoms with Gasteiger partial charge in [0.2, 0.25) is 5.91 Å². The number of benzene rings is 2. The number of carbonyl (C=O) groups is 1. The van der Waals surface area contributed by atoms with Crippen LogP contribution < -0.4 is 10.1 Å². The standard InChI is InChI=1S/C17H18ClNO2/c1-2-13-3-7-15(8-4-13)19-17(20)11-12-21-16-9-5-14(18)6-10-16/h3-10H,2,11-12H2,1H3,(H,19,20). The van der Waals surface area contributed by atoms with E-state index in [9.17, 15) is 4.79 Å². The molecule has 1 amide bonds. The second kappa shape index (κ2) is 7.70. The Hall–Kier alpha value is -2.00. The van der Waals surface area contributed by atoms with Crippen LogP contribution in [-0.2, 0) is 11.2 Å². The monoisotopic (exact) mass is 303 g/mol. The van der Waals surface area contributed by atoms with E-state index >= 15 is 0 Å². The van der Waals surface area contributed by atoms with Gasteiger partial charge in [0.25, 0.3) is 0 Å². The zero-order chi connectivity index (χ0) is 15.1. The van der Waals surface area contributed by atoms with Crippen LogP contribution in [0.25, 0.3) is 0 Å². The third-order valence-electron chi connectivity index (χ3n) is 3.06. The normalized spacial score (nSPS) is 10.2. The second-order valence-corrected chi connectivity index (χ2v) is 5.09. The summed E-state index contributed by atoms with van der Waals surface area (Å²) in [4.78, 5) is 11.8. The summed E-state index contributed by atoms with van der Waals surface area (Å²) in [6.07, 6.45) is 1.29. The van der Waals surface area contributed by atoms with Crippen molar-refractivity contribution in [1.82, 2.24) is 0 Å². The van der Waals surface area contributed by atoms with Crippen LogP contribution in [0.2, 0.25) is 5.02 Å². The predicted octanol–water partition coefficient (Wildman–Crippen LogP) is 4.31. The Morgan fingerprint density at radius 2 is 1.76 bits per heavy atom. The minimum atomic E-state index is -0.0618. The van der Waals surface area contributed by atoms with E-state index in [1.807, 2.05) is 24.3 Å². The lowest BCUT2D eigenvalue weighted by molar-refractivity contribution is -0.116. The van der Waals surface area contributed by atoms with E-state index in [1.165, 1.54) is 5.56 Å². The van der Waals surface area contributed by atoms with Crippen LogP contribution in [0.1, 0.15) is 18.9 Å². The van der Waals surface area contributed by atoms with Crippen molar-refractivity contribution in [1.29, 1.82) is 0 Å². The summed E-state index contributed by atoms with van der Waals surface area (Å²) in [6.45, 7) is 2.43. The van der Waals surface area contributed by atoms with Crippen LogP contribution in [0.5, 0.6) is 5.75 Å². The van der Waals surface area contributed by atoms with E-state index in [0.717, 1.165) is 12.1 Å². The number of ether oxygens (including phenoxy) is 1. The van der Waals surface area contributed by atoms with Crippen LogP contribution >= 0.6 is 11.6 Å². The highest BCUT2D eigenvalue weighted by molar-refractivity contribution is 6.30. The number of amides is 1. The molecule has 0 bridgehead atoms. The summed E-state index contributed by atoms with van der Waals surface area (Å²) < 4.78 is 5.49. The van der Waals surface area contributed by atoms with E-state index in [2.05, 4.69) is 12.2 Å². The second-order valence-electron chi connectivity index (χ2n) is 4.65. The average molecular weight is 304 g/mol. The Morgan fingerprint density at radius 3 is 2.38 bits per heavy atom. The summed E-state index contributed by atoms with van der Waals surface area (Å²) in [5.74, 6) is 0.646. The predicted molar refractivity (Wildman–Crippen MR) is 86.0 cm³/mol. The van der Waals surface area contributed by atoms with E-state index in [0.29, 0.717) is 23.8 Å². The molecule has 4 heteroatoms. The lowest BCUT2D eigenvalue weighted by Crippen LogP contribution is -2.15. The molecular weight excluding hydrogens is 286 g/mol. The highest BCUT2D eigenvalue weighted by atomic mass is 35.5. The fourth-order valence-corrected chi connectivity index (χ4v) is 1.97. The number of aryl methyl sites for hydroxylation is 1. The first-order chi connectivity index (χ1) is 10.2. The first-order valence-electron chi connectivity index (χ1n) is 6.94. The van der Waals surface area contributed by atoms with Crippen molar-refractivity contribution in [3.05, 3.63) is 59.1 Å². The maximum absolute atomic E-state index is 11.8. The van der Waals surface area contributed by atoms with E-state index in [-0.39, 0.29) is 5.91 Å². The Balaban J connectivity index is 1.75. The zero-order valence-corrected chi connectivity index (χ0v) is 12.7. The van der Waals surface area contributed by atoms with Crippen molar-refractivity contribution in [3.63, 3.8) is 0 Å². The van der Waals surface area contributed by atoms with Crippen molar-refractivity contribution in [2.45, 2.75) is 19.8 Å². The fraction of sp³-hybridized carbons (Fsp3) is 0.235. The number of hydrogen-bond donors (Lipinski definition) is 1. The molecule has 0 saturated carbocycles. The van der Waals surface area contributed by atoms with Crippen LogP contribution in [-0.4, -0.2) is 12.5 Å². The van der Waals surface area contributed by atoms with Crippen molar-refractivity contribution < 1.29 is 9.53 Å². The molecule has 110 valence electrons. The SMILES string of the molecule is CCc1ccc(NC(=O)CCOc2ccc(Cl)cc2)cc1. The summed E-state index contributed by atoms with van der Waals surface area (Å²) in [5, 5.41) is 3.51. The molecule has 0 spiro atoms. The van der Waals surface area contributed by atoms with Gasteiger partial charge in [0.15, 0.2) is 0 Å². The number of rotatable bonds is 6. The molecular formula is C17H18ClNO2. The van der Waals surface area contributed by atoms with Crippen LogP contribution in [0.15, 0.2) is 48.5 Å². The quantitative estimate of drug-likeness (QED) is 0.863. The Kier molecular flexibility index (Phi) is 5.64. The van der Waals surface area contributed by atoms with Gasteiger partial charge in [-0.3, -0.25) is 4.79 Å². The third-order valence-corrected chi connectivity index (χ3v) is 3.31. The molecule has 0 saturated heterocycles. The van der Waals surface area contributed by atoms with Crippen molar-refractivity contribution in [3.8, 4) is 5.75 Å². The highest BCUT2D eigenvalue weighted by Gasteiger charge is 2.03. The van der Waals surface area contributed by atoms with E-state index in [4.69, 9.17) is 16.3 Å². The van der Waals surface area contributed by atoms with Gasteiger partial charge in [-0.05, 0) is 48.4 Å². The van der Waals surface area contributed by atoms with Crippen molar-refractivity contribution in [2.75, 3.05) is 11.9 Å². The average Bonchev–Trinajstić information content (AvgIpc) is 2.50. The smallest absolute Gasteiger partial charge is 0.227 e. The summed E-state index contributed by atoms with van der Waals surface area (Å²) in [6, 6.07) is 14.9. The van der Waals surface area contributed by atoms with E-state index < -0.39 is 0 Å². The van der Waals surface area contributed by atoms with Gasteiger partial charge in [-0.1, -0.05) is 30.7 Å². The maximum atomic E-state index is 11.8. The molecule has 0 radical (unpaired) electrons. The van der Waals surface area contributed by atoms with Gasteiger partial charge < -0.3 is 10.1 Å².